The number of benzene rings is 2. The molecule has 0 aromatic heterocycles. The molecule has 0 aliphatic heterocycles. The molecule has 0 aliphatic carbocycles. The summed E-state index contributed by atoms with van der Waals surface area (Å²) >= 11 is 0. The molecule has 0 radical (unpaired) electrons. The number of nitrogens with one attached hydrogen (secondary N) is 2. The third kappa shape index (κ3) is 4.80. The predicted octanol–water partition coefficient (Wildman–Crippen LogP) is 2.17. The summed E-state index contributed by atoms with van der Waals surface area (Å²) in [7, 11) is 1.55. The largest absolute Gasteiger partial charge is 0.495 e. The average Bonchev–Trinajstić information content (AvgIpc) is 2.60. The number of para-hydroxylation sites is 2. The lowest BCUT2D eigenvalue weighted by molar-refractivity contribution is -0.384. The topological polar surface area (TPSA) is 106 Å². The van der Waals surface area contributed by atoms with Gasteiger partial charge in [0.1, 0.15) is 5.75 Å². The standard InChI is InChI=1S/C16H16N4O4/c1-24-15-5-3-2-4-14(15)17-11-16(21)19-18-10-12-6-8-13(9-7-12)20(22)23/h2-10,17H,11H2,1H3,(H,19,21)/b18-10-. The third-order valence-corrected chi connectivity index (χ3v) is 3.05. The van der Waals surface area contributed by atoms with E-state index < -0.39 is 4.92 Å². The number of amides is 1. The van der Waals surface area contributed by atoms with Crippen LogP contribution in [0.5, 0.6) is 5.75 Å². The number of methoxy groups -OCH3 is 1. The fourth-order valence-corrected chi connectivity index (χ4v) is 1.87. The quantitative estimate of drug-likeness (QED) is 0.460. The van der Waals surface area contributed by atoms with Crippen molar-refractivity contribution in [1.82, 2.24) is 5.43 Å². The number of hydrazone groups is 1. The van der Waals surface area contributed by atoms with Crippen LogP contribution in [0.1, 0.15) is 5.56 Å². The summed E-state index contributed by atoms with van der Waals surface area (Å²) in [5, 5.41) is 17.3. The Hall–Kier alpha value is -3.42. The molecule has 2 rings (SSSR count). The normalized spacial score (nSPS) is 10.4. The van der Waals surface area contributed by atoms with Gasteiger partial charge in [-0.1, -0.05) is 12.1 Å². The molecule has 2 aromatic rings. The smallest absolute Gasteiger partial charge is 0.269 e. The minimum Gasteiger partial charge on any atom is -0.495 e. The molecule has 0 fully saturated rings. The maximum Gasteiger partial charge on any atom is 0.269 e. The van der Waals surface area contributed by atoms with Crippen LogP contribution in [0.15, 0.2) is 53.6 Å². The summed E-state index contributed by atoms with van der Waals surface area (Å²) in [6.45, 7) is 0.0258. The van der Waals surface area contributed by atoms with Crippen molar-refractivity contribution in [3.63, 3.8) is 0 Å². The van der Waals surface area contributed by atoms with Crippen LogP contribution in [0.2, 0.25) is 0 Å². The van der Waals surface area contributed by atoms with Gasteiger partial charge in [0.25, 0.3) is 11.6 Å². The first kappa shape index (κ1) is 16.9. The summed E-state index contributed by atoms with van der Waals surface area (Å²) in [5.74, 6) is 0.304. The van der Waals surface area contributed by atoms with Crippen LogP contribution >= 0.6 is 0 Å². The number of carbonyl (C=O) groups is 1. The van der Waals surface area contributed by atoms with Crippen LogP contribution in [0.3, 0.4) is 0 Å². The molecule has 1 amide bonds. The Morgan fingerprint density at radius 1 is 1.25 bits per heavy atom. The lowest BCUT2D eigenvalue weighted by Crippen LogP contribution is -2.26. The molecule has 2 aromatic carbocycles. The summed E-state index contributed by atoms with van der Waals surface area (Å²) in [6.07, 6.45) is 1.41. The lowest BCUT2D eigenvalue weighted by Gasteiger charge is -2.09. The zero-order valence-electron chi connectivity index (χ0n) is 12.9. The Morgan fingerprint density at radius 3 is 2.62 bits per heavy atom. The van der Waals surface area contributed by atoms with Gasteiger partial charge >= 0.3 is 0 Å². The van der Waals surface area contributed by atoms with Crippen molar-refractivity contribution in [1.29, 1.82) is 0 Å². The molecule has 0 unspecified atom stereocenters. The highest BCUT2D eigenvalue weighted by Crippen LogP contribution is 2.22. The number of non-ortho nitro benzene ring substituents is 1. The van der Waals surface area contributed by atoms with Crippen LogP contribution < -0.4 is 15.5 Å². The van der Waals surface area contributed by atoms with Crippen molar-refractivity contribution in [2.75, 3.05) is 19.0 Å². The van der Waals surface area contributed by atoms with Gasteiger partial charge in [0.05, 0.1) is 30.5 Å². The molecular weight excluding hydrogens is 312 g/mol. The zero-order chi connectivity index (χ0) is 17.4. The van der Waals surface area contributed by atoms with Crippen molar-refractivity contribution in [3.8, 4) is 5.75 Å². The van der Waals surface area contributed by atoms with Crippen molar-refractivity contribution < 1.29 is 14.5 Å². The monoisotopic (exact) mass is 328 g/mol. The van der Waals surface area contributed by atoms with E-state index in [9.17, 15) is 14.9 Å². The Bertz CT molecular complexity index is 744. The van der Waals surface area contributed by atoms with E-state index in [4.69, 9.17) is 4.74 Å². The molecule has 0 heterocycles. The fourth-order valence-electron chi connectivity index (χ4n) is 1.87. The van der Waals surface area contributed by atoms with Gasteiger partial charge in [0.2, 0.25) is 0 Å². The van der Waals surface area contributed by atoms with Crippen LogP contribution in [0.25, 0.3) is 0 Å². The number of hydrogen-bond acceptors (Lipinski definition) is 6. The first-order valence-corrected chi connectivity index (χ1v) is 7.03. The Labute approximate surface area is 138 Å². The molecule has 124 valence electrons. The molecule has 0 saturated heterocycles. The Morgan fingerprint density at radius 2 is 1.96 bits per heavy atom. The number of nitrogens with zero attached hydrogens (tertiary/aromatic N) is 2. The van der Waals surface area contributed by atoms with E-state index in [1.165, 1.54) is 18.3 Å². The van der Waals surface area contributed by atoms with E-state index in [0.717, 1.165) is 0 Å². The molecule has 0 aliphatic rings. The van der Waals surface area contributed by atoms with Gasteiger partial charge in [-0.3, -0.25) is 14.9 Å². The zero-order valence-corrected chi connectivity index (χ0v) is 12.9. The van der Waals surface area contributed by atoms with Gasteiger partial charge in [-0.2, -0.15) is 5.10 Å². The van der Waals surface area contributed by atoms with Gasteiger partial charge in [0.15, 0.2) is 0 Å². The summed E-state index contributed by atoms with van der Waals surface area (Å²) in [5.41, 5.74) is 3.71. The second-order valence-electron chi connectivity index (χ2n) is 4.70. The minimum absolute atomic E-state index is 0.00260. The molecule has 8 heteroatoms. The number of hydrogen-bond donors (Lipinski definition) is 2. The lowest BCUT2D eigenvalue weighted by atomic mass is 10.2. The molecule has 2 N–H and O–H groups in total. The highest BCUT2D eigenvalue weighted by Gasteiger charge is 2.04. The van der Waals surface area contributed by atoms with Gasteiger partial charge in [-0.25, -0.2) is 5.43 Å². The Kier molecular flexibility index (Phi) is 5.84. The number of ether oxygens (including phenoxy) is 1. The maximum absolute atomic E-state index is 11.7. The van der Waals surface area contributed by atoms with E-state index >= 15 is 0 Å². The SMILES string of the molecule is COc1ccccc1NCC(=O)N/N=C\c1ccc([N+](=O)[O-])cc1. The van der Waals surface area contributed by atoms with Crippen LogP contribution in [-0.4, -0.2) is 30.7 Å². The van der Waals surface area contributed by atoms with Crippen LogP contribution in [0.4, 0.5) is 11.4 Å². The first-order chi connectivity index (χ1) is 11.6. The van der Waals surface area contributed by atoms with Gasteiger partial charge in [0, 0.05) is 12.1 Å². The second-order valence-corrected chi connectivity index (χ2v) is 4.70. The van der Waals surface area contributed by atoms with E-state index in [0.29, 0.717) is 17.0 Å². The molecular formula is C16H16N4O4. The number of nitro groups is 1. The number of nitro benzene ring substituents is 1. The Balaban J connectivity index is 1.83. The summed E-state index contributed by atoms with van der Waals surface area (Å²) in [6, 6.07) is 13.1. The van der Waals surface area contributed by atoms with Crippen molar-refractivity contribution in [2.45, 2.75) is 0 Å². The maximum atomic E-state index is 11.7. The average molecular weight is 328 g/mol. The van der Waals surface area contributed by atoms with Gasteiger partial charge in [-0.15, -0.1) is 0 Å². The predicted molar refractivity (Wildman–Crippen MR) is 90.3 cm³/mol. The third-order valence-electron chi connectivity index (χ3n) is 3.05. The molecule has 0 spiro atoms. The van der Waals surface area contributed by atoms with E-state index in [-0.39, 0.29) is 18.1 Å². The van der Waals surface area contributed by atoms with Gasteiger partial charge in [-0.05, 0) is 29.8 Å². The number of anilines is 1. The highest BCUT2D eigenvalue weighted by atomic mass is 16.6. The summed E-state index contributed by atoms with van der Waals surface area (Å²) in [4.78, 5) is 21.8. The van der Waals surface area contributed by atoms with Crippen molar-refractivity contribution in [2.24, 2.45) is 5.10 Å². The van der Waals surface area contributed by atoms with Gasteiger partial charge < -0.3 is 10.1 Å². The van der Waals surface area contributed by atoms with Crippen molar-refractivity contribution >= 4 is 23.5 Å². The number of rotatable bonds is 7. The highest BCUT2D eigenvalue weighted by molar-refractivity contribution is 5.84. The molecule has 24 heavy (non-hydrogen) atoms. The second kappa shape index (κ2) is 8.28. The van der Waals surface area contributed by atoms with Crippen LogP contribution in [0, 0.1) is 10.1 Å². The first-order valence-electron chi connectivity index (χ1n) is 7.03. The molecule has 0 saturated carbocycles. The summed E-state index contributed by atoms with van der Waals surface area (Å²) < 4.78 is 5.17. The molecule has 8 nitrogen and oxygen atoms in total. The van der Waals surface area contributed by atoms with E-state index in [2.05, 4.69) is 15.8 Å². The molecule has 0 bridgehead atoms. The number of carbonyl (C=O) groups excluding carboxylic acids is 1. The molecule has 0 atom stereocenters. The van der Waals surface area contributed by atoms with Crippen molar-refractivity contribution in [3.05, 3.63) is 64.2 Å². The minimum atomic E-state index is -0.480. The fraction of sp³-hybridized carbons (Fsp3) is 0.125. The van der Waals surface area contributed by atoms with E-state index in [1.54, 1.807) is 31.4 Å². The van der Waals surface area contributed by atoms with E-state index in [1.807, 2.05) is 12.1 Å². The van der Waals surface area contributed by atoms with Crippen LogP contribution in [-0.2, 0) is 4.79 Å².